The van der Waals surface area contributed by atoms with E-state index < -0.39 is 0 Å². The molecule has 1 fully saturated rings. The van der Waals surface area contributed by atoms with Gasteiger partial charge in [0.1, 0.15) is 0 Å². The van der Waals surface area contributed by atoms with Crippen LogP contribution in [0.3, 0.4) is 0 Å². The molecule has 1 atom stereocenters. The Balaban J connectivity index is 1.71. The van der Waals surface area contributed by atoms with Crippen LogP contribution >= 0.6 is 11.3 Å². The standard InChI is InChI=1S/C16H25N3O2S/c1-11-10-14(13(3)22-11)12(2)18-16(21)17-7-6-15(20)19-8-4-5-9-19/h10,12H,4-9H2,1-3H3,(H2,17,18,21). The second kappa shape index (κ2) is 7.63. The summed E-state index contributed by atoms with van der Waals surface area (Å²) in [5.41, 5.74) is 1.16. The van der Waals surface area contributed by atoms with Crippen LogP contribution in [-0.2, 0) is 4.79 Å². The quantitative estimate of drug-likeness (QED) is 0.875. The molecule has 6 heteroatoms. The highest BCUT2D eigenvalue weighted by Gasteiger charge is 2.18. The van der Waals surface area contributed by atoms with Gasteiger partial charge in [0.05, 0.1) is 6.04 Å². The van der Waals surface area contributed by atoms with Crippen LogP contribution in [0.5, 0.6) is 0 Å². The fraction of sp³-hybridized carbons (Fsp3) is 0.625. The van der Waals surface area contributed by atoms with Gasteiger partial charge < -0.3 is 15.5 Å². The lowest BCUT2D eigenvalue weighted by Gasteiger charge is -2.17. The summed E-state index contributed by atoms with van der Waals surface area (Å²) in [5, 5.41) is 5.70. The zero-order valence-corrected chi connectivity index (χ0v) is 14.4. The van der Waals surface area contributed by atoms with E-state index >= 15 is 0 Å². The number of amides is 3. The minimum absolute atomic E-state index is 0.0285. The van der Waals surface area contributed by atoms with Crippen molar-refractivity contribution >= 4 is 23.3 Å². The Kier molecular flexibility index (Phi) is 5.83. The third kappa shape index (κ3) is 4.47. The van der Waals surface area contributed by atoms with Crippen molar-refractivity contribution < 1.29 is 9.59 Å². The molecule has 0 radical (unpaired) electrons. The highest BCUT2D eigenvalue weighted by molar-refractivity contribution is 7.12. The van der Waals surface area contributed by atoms with Gasteiger partial charge in [0.15, 0.2) is 0 Å². The van der Waals surface area contributed by atoms with Crippen LogP contribution < -0.4 is 10.6 Å². The lowest BCUT2D eigenvalue weighted by Crippen LogP contribution is -2.39. The molecule has 1 aromatic rings. The van der Waals surface area contributed by atoms with Crippen molar-refractivity contribution in [3.05, 3.63) is 21.4 Å². The Morgan fingerprint density at radius 1 is 1.32 bits per heavy atom. The zero-order valence-electron chi connectivity index (χ0n) is 13.6. The van der Waals surface area contributed by atoms with Crippen molar-refractivity contribution in [1.29, 1.82) is 0 Å². The lowest BCUT2D eigenvalue weighted by atomic mass is 10.1. The molecular weight excluding hydrogens is 298 g/mol. The second-order valence-corrected chi connectivity index (χ2v) is 7.29. The van der Waals surface area contributed by atoms with Gasteiger partial charge in [-0.1, -0.05) is 0 Å². The number of likely N-dealkylation sites (tertiary alicyclic amines) is 1. The molecule has 0 spiro atoms. The molecule has 1 aliphatic rings. The van der Waals surface area contributed by atoms with Crippen LogP contribution in [0.2, 0.25) is 0 Å². The van der Waals surface area contributed by atoms with E-state index in [0.717, 1.165) is 31.5 Å². The van der Waals surface area contributed by atoms with Gasteiger partial charge in [-0.05, 0) is 45.2 Å². The first-order valence-electron chi connectivity index (χ1n) is 7.86. The Bertz CT molecular complexity index is 535. The Labute approximate surface area is 136 Å². The summed E-state index contributed by atoms with van der Waals surface area (Å²) in [6.07, 6.45) is 2.56. The van der Waals surface area contributed by atoms with Crippen molar-refractivity contribution in [3.63, 3.8) is 0 Å². The SMILES string of the molecule is Cc1cc(C(C)NC(=O)NCCC(=O)N2CCCC2)c(C)s1. The van der Waals surface area contributed by atoms with E-state index in [-0.39, 0.29) is 18.0 Å². The maximum atomic E-state index is 11.9. The van der Waals surface area contributed by atoms with E-state index in [2.05, 4.69) is 30.5 Å². The average Bonchev–Trinajstić information content (AvgIpc) is 3.08. The third-order valence-electron chi connectivity index (χ3n) is 3.98. The zero-order chi connectivity index (χ0) is 16.1. The highest BCUT2D eigenvalue weighted by atomic mass is 32.1. The summed E-state index contributed by atoms with van der Waals surface area (Å²) < 4.78 is 0. The van der Waals surface area contributed by atoms with E-state index in [1.54, 1.807) is 11.3 Å². The number of hydrogen-bond donors (Lipinski definition) is 2. The maximum Gasteiger partial charge on any atom is 0.315 e. The molecule has 22 heavy (non-hydrogen) atoms. The number of carbonyl (C=O) groups excluding carboxylic acids is 2. The Morgan fingerprint density at radius 3 is 2.59 bits per heavy atom. The molecular formula is C16H25N3O2S. The van der Waals surface area contributed by atoms with Gasteiger partial charge in [-0.3, -0.25) is 4.79 Å². The highest BCUT2D eigenvalue weighted by Crippen LogP contribution is 2.25. The summed E-state index contributed by atoms with van der Waals surface area (Å²) >= 11 is 1.74. The molecule has 0 aliphatic carbocycles. The van der Waals surface area contributed by atoms with Crippen molar-refractivity contribution in [2.24, 2.45) is 0 Å². The van der Waals surface area contributed by atoms with Crippen LogP contribution in [0.1, 0.15) is 47.5 Å². The number of hydrogen-bond acceptors (Lipinski definition) is 3. The molecule has 1 aromatic heterocycles. The topological polar surface area (TPSA) is 61.4 Å². The predicted octanol–water partition coefficient (Wildman–Crippen LogP) is 2.74. The molecule has 0 saturated carbocycles. The van der Waals surface area contributed by atoms with Crippen LogP contribution in [0, 0.1) is 13.8 Å². The van der Waals surface area contributed by atoms with Gasteiger partial charge in [-0.15, -0.1) is 11.3 Å². The molecule has 1 aliphatic heterocycles. The van der Waals surface area contributed by atoms with Gasteiger partial charge in [-0.25, -0.2) is 4.79 Å². The number of urea groups is 1. The molecule has 2 N–H and O–H groups in total. The van der Waals surface area contributed by atoms with Crippen LogP contribution in [0.4, 0.5) is 4.79 Å². The van der Waals surface area contributed by atoms with E-state index in [4.69, 9.17) is 0 Å². The molecule has 122 valence electrons. The molecule has 2 rings (SSSR count). The second-order valence-electron chi connectivity index (χ2n) is 5.83. The first-order valence-corrected chi connectivity index (χ1v) is 8.68. The molecule has 3 amide bonds. The van der Waals surface area contributed by atoms with E-state index in [9.17, 15) is 9.59 Å². The summed E-state index contributed by atoms with van der Waals surface area (Å²) in [6.45, 7) is 8.21. The van der Waals surface area contributed by atoms with E-state index in [0.29, 0.717) is 13.0 Å². The van der Waals surface area contributed by atoms with E-state index in [1.807, 2.05) is 11.8 Å². The van der Waals surface area contributed by atoms with Crippen LogP contribution in [-0.4, -0.2) is 36.5 Å². The van der Waals surface area contributed by atoms with Crippen LogP contribution in [0.15, 0.2) is 6.07 Å². The number of thiophene rings is 1. The largest absolute Gasteiger partial charge is 0.343 e. The molecule has 2 heterocycles. The number of nitrogens with one attached hydrogen (secondary N) is 2. The minimum atomic E-state index is -0.218. The summed E-state index contributed by atoms with van der Waals surface area (Å²) in [5.74, 6) is 0.134. The number of rotatable bonds is 5. The van der Waals surface area contributed by atoms with Gasteiger partial charge >= 0.3 is 6.03 Å². The number of carbonyl (C=O) groups is 2. The molecule has 0 aromatic carbocycles. The fourth-order valence-corrected chi connectivity index (χ4v) is 3.84. The predicted molar refractivity (Wildman–Crippen MR) is 89.2 cm³/mol. The summed E-state index contributed by atoms with van der Waals surface area (Å²) in [7, 11) is 0. The Morgan fingerprint density at radius 2 is 2.00 bits per heavy atom. The maximum absolute atomic E-state index is 11.9. The first kappa shape index (κ1) is 16.8. The van der Waals surface area contributed by atoms with Crippen molar-refractivity contribution in [2.75, 3.05) is 19.6 Å². The third-order valence-corrected chi connectivity index (χ3v) is 4.96. The molecule has 1 saturated heterocycles. The number of nitrogens with zero attached hydrogens (tertiary/aromatic N) is 1. The van der Waals surface area contributed by atoms with Crippen molar-refractivity contribution in [3.8, 4) is 0 Å². The van der Waals surface area contributed by atoms with Gasteiger partial charge in [0.2, 0.25) is 5.91 Å². The lowest BCUT2D eigenvalue weighted by molar-refractivity contribution is -0.129. The molecule has 0 bridgehead atoms. The smallest absolute Gasteiger partial charge is 0.315 e. The molecule has 5 nitrogen and oxygen atoms in total. The van der Waals surface area contributed by atoms with Gasteiger partial charge in [0.25, 0.3) is 0 Å². The van der Waals surface area contributed by atoms with Crippen molar-refractivity contribution in [1.82, 2.24) is 15.5 Å². The fourth-order valence-electron chi connectivity index (χ4n) is 2.81. The first-order chi connectivity index (χ1) is 10.5. The minimum Gasteiger partial charge on any atom is -0.343 e. The normalized spacial score (nSPS) is 15.7. The Hall–Kier alpha value is -1.56. The van der Waals surface area contributed by atoms with Gasteiger partial charge in [0, 0.05) is 35.8 Å². The average molecular weight is 323 g/mol. The summed E-state index contributed by atoms with van der Waals surface area (Å²) in [6, 6.07) is 1.87. The number of aryl methyl sites for hydroxylation is 2. The summed E-state index contributed by atoms with van der Waals surface area (Å²) in [4.78, 5) is 28.1. The monoisotopic (exact) mass is 323 g/mol. The molecule has 1 unspecified atom stereocenters. The van der Waals surface area contributed by atoms with Crippen LogP contribution in [0.25, 0.3) is 0 Å². The van der Waals surface area contributed by atoms with Crippen molar-refractivity contribution in [2.45, 2.75) is 46.1 Å². The van der Waals surface area contributed by atoms with Gasteiger partial charge in [-0.2, -0.15) is 0 Å². The van der Waals surface area contributed by atoms with E-state index in [1.165, 1.54) is 9.75 Å².